The second kappa shape index (κ2) is 49.2. The molecule has 0 saturated carbocycles. The van der Waals surface area contributed by atoms with E-state index in [9.17, 15) is 14.4 Å². The van der Waals surface area contributed by atoms with E-state index in [4.69, 9.17) is 14.2 Å². The molecule has 1 unspecified atom stereocenters. The minimum atomic E-state index is -0.814. The fraction of sp³-hybridized carbons (Fsp3) is 0.554. The third-order valence-electron chi connectivity index (χ3n) is 9.66. The van der Waals surface area contributed by atoms with E-state index >= 15 is 0 Å². The molecular formula is C56H86O6. The van der Waals surface area contributed by atoms with E-state index in [-0.39, 0.29) is 37.5 Å². The quantitative estimate of drug-likeness (QED) is 0.0264. The summed E-state index contributed by atoms with van der Waals surface area (Å²) < 4.78 is 16.7. The van der Waals surface area contributed by atoms with Crippen molar-refractivity contribution in [3.05, 3.63) is 134 Å². The van der Waals surface area contributed by atoms with Gasteiger partial charge in [-0.15, -0.1) is 0 Å². The predicted octanol–water partition coefficient (Wildman–Crippen LogP) is 15.9. The van der Waals surface area contributed by atoms with Crippen LogP contribution in [-0.2, 0) is 28.6 Å². The summed E-state index contributed by atoms with van der Waals surface area (Å²) >= 11 is 0. The molecule has 0 N–H and O–H groups in total. The van der Waals surface area contributed by atoms with Crippen molar-refractivity contribution in [1.29, 1.82) is 0 Å². The van der Waals surface area contributed by atoms with Crippen molar-refractivity contribution in [3.63, 3.8) is 0 Å². The molecule has 0 amide bonds. The predicted molar refractivity (Wildman–Crippen MR) is 265 cm³/mol. The summed E-state index contributed by atoms with van der Waals surface area (Å²) in [4.78, 5) is 37.8. The van der Waals surface area contributed by atoms with Gasteiger partial charge in [0.15, 0.2) is 6.10 Å². The molecule has 0 fully saturated rings. The molecular weight excluding hydrogens is 769 g/mol. The lowest BCUT2D eigenvalue weighted by molar-refractivity contribution is -0.167. The highest BCUT2D eigenvalue weighted by atomic mass is 16.6. The van der Waals surface area contributed by atoms with E-state index in [1.165, 1.54) is 44.9 Å². The SMILES string of the molecule is CC\C=C/C=C\C=C/C=C\C=C\C=C/CCCCCC(=O)OC(COC(=O)CCCCCCC\C=C/C=C\C=C/C=C\C=C/CCC)COC(=O)CCCCCCCCCCC. The summed E-state index contributed by atoms with van der Waals surface area (Å²) in [5.41, 5.74) is 0. The lowest BCUT2D eigenvalue weighted by atomic mass is 10.1. The van der Waals surface area contributed by atoms with Crippen LogP contribution in [0.5, 0.6) is 0 Å². The number of hydrogen-bond acceptors (Lipinski definition) is 6. The summed E-state index contributed by atoms with van der Waals surface area (Å²) in [5.74, 6) is -0.994. The van der Waals surface area contributed by atoms with Crippen molar-refractivity contribution in [2.24, 2.45) is 0 Å². The Hall–Kier alpha value is -4.45. The molecule has 0 heterocycles. The van der Waals surface area contributed by atoms with Crippen LogP contribution >= 0.6 is 0 Å². The van der Waals surface area contributed by atoms with Crippen molar-refractivity contribution in [3.8, 4) is 0 Å². The van der Waals surface area contributed by atoms with E-state index < -0.39 is 6.10 Å². The minimum Gasteiger partial charge on any atom is -0.462 e. The lowest BCUT2D eigenvalue weighted by Gasteiger charge is -2.18. The molecule has 0 radical (unpaired) electrons. The maximum Gasteiger partial charge on any atom is 0.306 e. The highest BCUT2D eigenvalue weighted by molar-refractivity contribution is 5.71. The average Bonchev–Trinajstić information content (AvgIpc) is 3.27. The normalized spacial score (nSPS) is 13.3. The zero-order valence-electron chi connectivity index (χ0n) is 39.3. The zero-order chi connectivity index (χ0) is 45.1. The van der Waals surface area contributed by atoms with Gasteiger partial charge in [0.2, 0.25) is 0 Å². The number of carbonyl (C=O) groups is 3. The molecule has 0 aromatic heterocycles. The first-order valence-corrected chi connectivity index (χ1v) is 24.3. The van der Waals surface area contributed by atoms with Gasteiger partial charge in [0.25, 0.3) is 0 Å². The number of hydrogen-bond donors (Lipinski definition) is 0. The van der Waals surface area contributed by atoms with Gasteiger partial charge in [-0.1, -0.05) is 238 Å². The summed E-state index contributed by atoms with van der Waals surface area (Å²) in [7, 11) is 0. The van der Waals surface area contributed by atoms with Gasteiger partial charge in [0.05, 0.1) is 0 Å². The first kappa shape index (κ1) is 57.5. The smallest absolute Gasteiger partial charge is 0.306 e. The summed E-state index contributed by atoms with van der Waals surface area (Å²) in [5, 5.41) is 0. The van der Waals surface area contributed by atoms with E-state index in [0.717, 1.165) is 89.9 Å². The van der Waals surface area contributed by atoms with Gasteiger partial charge in [-0.25, -0.2) is 0 Å². The van der Waals surface area contributed by atoms with E-state index in [2.05, 4.69) is 57.2 Å². The van der Waals surface area contributed by atoms with Crippen molar-refractivity contribution in [2.75, 3.05) is 13.2 Å². The molecule has 346 valence electrons. The number of rotatable bonds is 41. The number of esters is 3. The number of unbranched alkanes of at least 4 members (excludes halogenated alkanes) is 17. The monoisotopic (exact) mass is 855 g/mol. The molecule has 0 aromatic carbocycles. The van der Waals surface area contributed by atoms with Gasteiger partial charge < -0.3 is 14.2 Å². The van der Waals surface area contributed by atoms with Gasteiger partial charge in [-0.05, 0) is 57.8 Å². The van der Waals surface area contributed by atoms with Crippen LogP contribution in [0, 0.1) is 0 Å². The maximum absolute atomic E-state index is 12.8. The summed E-state index contributed by atoms with van der Waals surface area (Å²) in [6, 6.07) is 0. The number of carbonyl (C=O) groups excluding carboxylic acids is 3. The first-order chi connectivity index (χ1) is 30.5. The van der Waals surface area contributed by atoms with Crippen LogP contribution in [0.15, 0.2) is 134 Å². The Morgan fingerprint density at radius 1 is 0.339 bits per heavy atom. The van der Waals surface area contributed by atoms with Crippen LogP contribution in [-0.4, -0.2) is 37.2 Å². The largest absolute Gasteiger partial charge is 0.462 e. The van der Waals surface area contributed by atoms with E-state index in [1.807, 2.05) is 97.2 Å². The Bertz CT molecular complexity index is 1400. The molecule has 0 bridgehead atoms. The van der Waals surface area contributed by atoms with Crippen LogP contribution in [0.25, 0.3) is 0 Å². The Labute approximate surface area is 379 Å². The molecule has 0 aliphatic carbocycles. The second-order valence-corrected chi connectivity index (χ2v) is 15.6. The lowest BCUT2D eigenvalue weighted by Crippen LogP contribution is -2.30. The molecule has 0 saturated heterocycles. The van der Waals surface area contributed by atoms with Crippen molar-refractivity contribution < 1.29 is 28.6 Å². The van der Waals surface area contributed by atoms with Crippen LogP contribution < -0.4 is 0 Å². The Kier molecular flexibility index (Phi) is 45.7. The Morgan fingerprint density at radius 2 is 0.661 bits per heavy atom. The Balaban J connectivity index is 4.53. The molecule has 0 rings (SSSR count). The van der Waals surface area contributed by atoms with E-state index in [0.29, 0.717) is 19.3 Å². The third-order valence-corrected chi connectivity index (χ3v) is 9.66. The number of ether oxygens (including phenoxy) is 3. The van der Waals surface area contributed by atoms with Crippen LogP contribution in [0.1, 0.15) is 181 Å². The fourth-order valence-electron chi connectivity index (χ4n) is 6.03. The van der Waals surface area contributed by atoms with Crippen LogP contribution in [0.3, 0.4) is 0 Å². The second-order valence-electron chi connectivity index (χ2n) is 15.6. The van der Waals surface area contributed by atoms with Crippen LogP contribution in [0.2, 0.25) is 0 Å². The summed E-state index contributed by atoms with van der Waals surface area (Å²) in [6.45, 7) is 6.29. The third kappa shape index (κ3) is 46.6. The zero-order valence-corrected chi connectivity index (χ0v) is 39.3. The average molecular weight is 855 g/mol. The van der Waals surface area contributed by atoms with Crippen LogP contribution in [0.4, 0.5) is 0 Å². The fourth-order valence-corrected chi connectivity index (χ4v) is 6.03. The highest BCUT2D eigenvalue weighted by Crippen LogP contribution is 2.13. The molecule has 6 heteroatoms. The van der Waals surface area contributed by atoms with Gasteiger partial charge in [0.1, 0.15) is 13.2 Å². The molecule has 0 spiro atoms. The van der Waals surface area contributed by atoms with Crippen molar-refractivity contribution >= 4 is 17.9 Å². The minimum absolute atomic E-state index is 0.109. The van der Waals surface area contributed by atoms with Gasteiger partial charge in [-0.2, -0.15) is 0 Å². The topological polar surface area (TPSA) is 78.9 Å². The standard InChI is InChI=1S/C56H86O6/c1-4-7-10-13-16-19-21-23-25-27-29-30-32-34-37-40-43-46-49-55(58)61-52-53(51-60-54(57)48-45-42-39-36-18-15-12-9-6-3)62-56(59)50-47-44-41-38-35-33-31-28-26-24-22-20-17-14-11-8-5-2/h8,10-11,13-14,16-17,19-31,33,35,53H,4-7,9,12,15,18,32,34,36-52H2,1-3H3/b11-8-,13-10-,17-14-,19-16-,22-20-,23-21-,26-24-,27-25-,30-29-,31-28+,35-33-. The van der Waals surface area contributed by atoms with E-state index in [1.54, 1.807) is 0 Å². The van der Waals surface area contributed by atoms with Crippen molar-refractivity contribution in [1.82, 2.24) is 0 Å². The summed E-state index contributed by atoms with van der Waals surface area (Å²) in [6.07, 6.45) is 68.5. The molecule has 62 heavy (non-hydrogen) atoms. The molecule has 6 nitrogen and oxygen atoms in total. The highest BCUT2D eigenvalue weighted by Gasteiger charge is 2.19. The molecule has 0 aliphatic heterocycles. The van der Waals surface area contributed by atoms with Crippen molar-refractivity contribution in [2.45, 2.75) is 187 Å². The molecule has 0 aliphatic rings. The van der Waals surface area contributed by atoms with Gasteiger partial charge >= 0.3 is 17.9 Å². The first-order valence-electron chi connectivity index (χ1n) is 24.3. The molecule has 1 atom stereocenters. The molecule has 0 aromatic rings. The van der Waals surface area contributed by atoms with Gasteiger partial charge in [-0.3, -0.25) is 14.4 Å². The maximum atomic E-state index is 12.8. The number of allylic oxidation sites excluding steroid dienone is 22. The van der Waals surface area contributed by atoms with Gasteiger partial charge in [0, 0.05) is 19.3 Å². The Morgan fingerprint density at radius 3 is 1.06 bits per heavy atom.